The molecule has 0 unspecified atom stereocenters. The zero-order valence-corrected chi connectivity index (χ0v) is 9.91. The summed E-state index contributed by atoms with van der Waals surface area (Å²) in [6, 6.07) is 0. The van der Waals surface area contributed by atoms with Crippen LogP contribution in [-0.4, -0.2) is 33.4 Å². The first-order valence-corrected chi connectivity index (χ1v) is 6.03. The lowest BCUT2D eigenvalue weighted by Gasteiger charge is -2.00. The number of nitrogens with zero attached hydrogens (tertiary/aromatic N) is 4. The van der Waals surface area contributed by atoms with Crippen molar-refractivity contribution in [3.63, 3.8) is 0 Å². The minimum Gasteiger partial charge on any atom is -0.271 e. The second-order valence-corrected chi connectivity index (χ2v) is 5.22. The third-order valence-electron chi connectivity index (χ3n) is 2.36. The lowest BCUT2D eigenvalue weighted by molar-refractivity contribution is 0.586. The fourth-order valence-electron chi connectivity index (χ4n) is 1.56. The normalized spacial score (nSPS) is 11.9. The van der Waals surface area contributed by atoms with E-state index in [2.05, 4.69) is 20.3 Å². The smallest absolute Gasteiger partial charge is 0.248 e. The van der Waals surface area contributed by atoms with Crippen LogP contribution in [0.15, 0.2) is 16.4 Å². The van der Waals surface area contributed by atoms with Gasteiger partial charge in [0.2, 0.25) is 15.0 Å². The zero-order chi connectivity index (χ0) is 11.9. The van der Waals surface area contributed by atoms with Crippen molar-refractivity contribution >= 4 is 9.84 Å². The lowest BCUT2D eigenvalue weighted by atomic mass is 10.4. The maximum atomic E-state index is 12.2. The molecule has 1 N–H and O–H groups in total. The Bertz CT molecular complexity index is 611. The average molecular weight is 241 g/mol. The molecule has 0 aromatic carbocycles. The van der Waals surface area contributed by atoms with Gasteiger partial charge in [-0.05, 0) is 13.8 Å². The highest BCUT2D eigenvalue weighted by Gasteiger charge is 2.28. The highest BCUT2D eigenvalue weighted by molar-refractivity contribution is 7.91. The Morgan fingerprint density at radius 3 is 2.50 bits per heavy atom. The Hall–Kier alpha value is -1.70. The van der Waals surface area contributed by atoms with Crippen LogP contribution in [0.2, 0.25) is 0 Å². The molecule has 0 atom stereocenters. The van der Waals surface area contributed by atoms with E-state index in [0.717, 1.165) is 6.33 Å². The zero-order valence-electron chi connectivity index (χ0n) is 9.09. The van der Waals surface area contributed by atoms with Crippen LogP contribution in [0.25, 0.3) is 0 Å². The van der Waals surface area contributed by atoms with E-state index in [-0.39, 0.29) is 10.1 Å². The second-order valence-electron chi connectivity index (χ2n) is 3.42. The number of H-pyrrole nitrogens is 1. The molecule has 7 nitrogen and oxygen atoms in total. The van der Waals surface area contributed by atoms with Gasteiger partial charge < -0.3 is 0 Å². The Morgan fingerprint density at radius 2 is 2.06 bits per heavy atom. The number of hydrogen-bond acceptors (Lipinski definition) is 5. The van der Waals surface area contributed by atoms with Crippen molar-refractivity contribution in [2.75, 3.05) is 0 Å². The molecule has 2 heterocycles. The van der Waals surface area contributed by atoms with Gasteiger partial charge >= 0.3 is 0 Å². The van der Waals surface area contributed by atoms with Crippen molar-refractivity contribution in [2.45, 2.75) is 23.9 Å². The highest BCUT2D eigenvalue weighted by atomic mass is 32.2. The largest absolute Gasteiger partial charge is 0.271 e. The molecule has 0 aliphatic rings. The van der Waals surface area contributed by atoms with Crippen molar-refractivity contribution in [3.8, 4) is 0 Å². The average Bonchev–Trinajstić information content (AvgIpc) is 2.76. The van der Waals surface area contributed by atoms with Crippen LogP contribution in [-0.2, 0) is 16.9 Å². The predicted octanol–water partition coefficient (Wildman–Crippen LogP) is -0.0122. The molecule has 0 radical (unpaired) electrons. The number of hydrogen-bond donors (Lipinski definition) is 1. The Balaban J connectivity index is 2.70. The third-order valence-corrected chi connectivity index (χ3v) is 4.19. The van der Waals surface area contributed by atoms with Crippen LogP contribution in [0.5, 0.6) is 0 Å². The SMILES string of the molecule is Cc1nn(C)c(C)c1S(=O)(=O)c1ncn[nH]1. The van der Waals surface area contributed by atoms with Crippen molar-refractivity contribution in [1.29, 1.82) is 0 Å². The van der Waals surface area contributed by atoms with Gasteiger partial charge in [0.25, 0.3) is 0 Å². The van der Waals surface area contributed by atoms with Crippen LogP contribution in [0.1, 0.15) is 11.4 Å². The molecule has 2 aromatic rings. The Labute approximate surface area is 92.4 Å². The number of aromatic nitrogens is 5. The fourth-order valence-corrected chi connectivity index (χ4v) is 3.07. The minimum absolute atomic E-state index is 0.160. The number of sulfone groups is 1. The number of aromatic amines is 1. The van der Waals surface area contributed by atoms with Crippen LogP contribution in [0.4, 0.5) is 0 Å². The van der Waals surface area contributed by atoms with Gasteiger partial charge in [-0.3, -0.25) is 4.68 Å². The van der Waals surface area contributed by atoms with Crippen molar-refractivity contribution in [3.05, 3.63) is 17.7 Å². The van der Waals surface area contributed by atoms with E-state index in [4.69, 9.17) is 0 Å². The third kappa shape index (κ3) is 1.42. The molecule has 0 saturated heterocycles. The van der Waals surface area contributed by atoms with E-state index in [0.29, 0.717) is 11.4 Å². The maximum Gasteiger partial charge on any atom is 0.248 e. The van der Waals surface area contributed by atoms with Crippen molar-refractivity contribution in [2.24, 2.45) is 7.05 Å². The van der Waals surface area contributed by atoms with E-state index < -0.39 is 9.84 Å². The summed E-state index contributed by atoms with van der Waals surface area (Å²) < 4.78 is 25.9. The summed E-state index contributed by atoms with van der Waals surface area (Å²) in [6.07, 6.45) is 1.16. The van der Waals surface area contributed by atoms with E-state index >= 15 is 0 Å². The van der Waals surface area contributed by atoms with Gasteiger partial charge in [-0.1, -0.05) is 0 Å². The van der Waals surface area contributed by atoms with E-state index in [9.17, 15) is 8.42 Å². The summed E-state index contributed by atoms with van der Waals surface area (Å²) >= 11 is 0. The summed E-state index contributed by atoms with van der Waals surface area (Å²) in [4.78, 5) is 3.85. The molecule has 0 spiro atoms. The molecule has 0 aliphatic carbocycles. The number of rotatable bonds is 2. The summed E-state index contributed by atoms with van der Waals surface area (Å²) in [5, 5.41) is 9.79. The molecule has 0 fully saturated rings. The van der Waals surface area contributed by atoms with Crippen LogP contribution in [0.3, 0.4) is 0 Å². The van der Waals surface area contributed by atoms with Gasteiger partial charge in [-0.25, -0.2) is 18.5 Å². The quantitative estimate of drug-likeness (QED) is 0.798. The second kappa shape index (κ2) is 3.41. The molecule has 2 aromatic heterocycles. The monoisotopic (exact) mass is 241 g/mol. The van der Waals surface area contributed by atoms with Gasteiger partial charge in [0, 0.05) is 7.05 Å². The van der Waals surface area contributed by atoms with E-state index in [1.54, 1.807) is 20.9 Å². The first kappa shape index (κ1) is 10.8. The summed E-state index contributed by atoms with van der Waals surface area (Å²) in [5.74, 6) is 0. The molecule has 8 heteroatoms. The van der Waals surface area contributed by atoms with Crippen LogP contribution in [0, 0.1) is 13.8 Å². The molecule has 0 bridgehead atoms. The highest BCUT2D eigenvalue weighted by Crippen LogP contribution is 2.23. The van der Waals surface area contributed by atoms with Gasteiger partial charge in [0.1, 0.15) is 11.2 Å². The van der Waals surface area contributed by atoms with Crippen molar-refractivity contribution in [1.82, 2.24) is 25.0 Å². The van der Waals surface area contributed by atoms with Gasteiger partial charge in [-0.15, -0.1) is 0 Å². The van der Waals surface area contributed by atoms with Crippen molar-refractivity contribution < 1.29 is 8.42 Å². The molecule has 0 aliphatic heterocycles. The molecule has 2 rings (SSSR count). The van der Waals surface area contributed by atoms with Crippen LogP contribution < -0.4 is 0 Å². The van der Waals surface area contributed by atoms with Crippen LogP contribution >= 0.6 is 0 Å². The minimum atomic E-state index is -3.65. The maximum absolute atomic E-state index is 12.2. The first-order valence-electron chi connectivity index (χ1n) is 4.55. The standard InChI is InChI=1S/C8H11N5O2S/c1-5-7(6(2)13(3)12-5)16(14,15)8-9-4-10-11-8/h4H,1-3H3,(H,9,10,11). The van der Waals surface area contributed by atoms with Gasteiger partial charge in [0.15, 0.2) is 0 Å². The Morgan fingerprint density at radius 1 is 1.38 bits per heavy atom. The predicted molar refractivity (Wildman–Crippen MR) is 54.5 cm³/mol. The summed E-state index contributed by atoms with van der Waals surface area (Å²) in [7, 11) is -1.95. The first-order chi connectivity index (χ1) is 7.44. The lowest BCUT2D eigenvalue weighted by Crippen LogP contribution is -2.07. The summed E-state index contributed by atoms with van der Waals surface area (Å²) in [6.45, 7) is 3.35. The Kier molecular flexibility index (Phi) is 2.30. The number of nitrogens with one attached hydrogen (secondary N) is 1. The molecule has 0 amide bonds. The molecular formula is C8H11N5O2S. The number of aryl methyl sites for hydroxylation is 2. The summed E-state index contributed by atoms with van der Waals surface area (Å²) in [5.41, 5.74) is 1.03. The molecule has 0 saturated carbocycles. The molecular weight excluding hydrogens is 230 g/mol. The molecule has 86 valence electrons. The van der Waals surface area contributed by atoms with Gasteiger partial charge in [0.05, 0.1) is 11.4 Å². The van der Waals surface area contributed by atoms with E-state index in [1.807, 2.05) is 0 Å². The fraction of sp³-hybridized carbons (Fsp3) is 0.375. The topological polar surface area (TPSA) is 93.5 Å². The van der Waals surface area contributed by atoms with E-state index in [1.165, 1.54) is 4.68 Å². The van der Waals surface area contributed by atoms with Gasteiger partial charge in [-0.2, -0.15) is 10.2 Å². The molecule has 16 heavy (non-hydrogen) atoms.